The Balaban J connectivity index is 1.75. The lowest BCUT2D eigenvalue weighted by atomic mass is 10.1. The Morgan fingerprint density at radius 1 is 1.27 bits per heavy atom. The number of benzene rings is 1. The number of carbonyl (C=O) groups excluding carboxylic acids is 1. The molecule has 0 N–H and O–H groups in total. The van der Waals surface area contributed by atoms with Gasteiger partial charge in [-0.25, -0.2) is 0 Å². The highest BCUT2D eigenvalue weighted by molar-refractivity contribution is 8.00. The molecule has 26 heavy (non-hydrogen) atoms. The lowest BCUT2D eigenvalue weighted by molar-refractivity contribution is -0.142. The van der Waals surface area contributed by atoms with Crippen molar-refractivity contribution in [3.63, 3.8) is 0 Å². The summed E-state index contributed by atoms with van der Waals surface area (Å²) in [5.74, 6) is 0.118. The van der Waals surface area contributed by atoms with Crippen molar-refractivity contribution in [3.8, 4) is 5.69 Å². The van der Waals surface area contributed by atoms with Gasteiger partial charge in [0.15, 0.2) is 5.16 Å². The van der Waals surface area contributed by atoms with E-state index in [1.807, 2.05) is 30.2 Å². The minimum atomic E-state index is -0.235. The molecule has 2 heterocycles. The molecule has 1 aliphatic heterocycles. The number of rotatable bonds is 4. The van der Waals surface area contributed by atoms with Crippen LogP contribution in [0.3, 0.4) is 0 Å². The summed E-state index contributed by atoms with van der Waals surface area (Å²) in [6.07, 6.45) is 1.84. The van der Waals surface area contributed by atoms with Crippen LogP contribution >= 0.6 is 11.8 Å². The maximum absolute atomic E-state index is 12.9. The fourth-order valence-corrected chi connectivity index (χ4v) is 4.29. The molecule has 0 bridgehead atoms. The van der Waals surface area contributed by atoms with Crippen LogP contribution in [0.5, 0.6) is 0 Å². The zero-order valence-corrected chi connectivity index (χ0v) is 16.8. The number of aromatic nitrogens is 3. The SMILES string of the molecule is Cc1ccc(-n2cnnc2S[C@H](C)C(=O)N2C[C@@H](C)O[C@H](C)C2)c(C)c1. The van der Waals surface area contributed by atoms with Gasteiger partial charge in [-0.3, -0.25) is 9.36 Å². The second-order valence-corrected chi connectivity index (χ2v) is 8.34. The van der Waals surface area contributed by atoms with Gasteiger partial charge in [0.05, 0.1) is 23.1 Å². The van der Waals surface area contributed by atoms with Gasteiger partial charge in [-0.05, 0) is 46.2 Å². The highest BCUT2D eigenvalue weighted by Crippen LogP contribution is 2.27. The van der Waals surface area contributed by atoms with Gasteiger partial charge in [0.2, 0.25) is 5.91 Å². The summed E-state index contributed by atoms with van der Waals surface area (Å²) in [7, 11) is 0. The molecule has 1 aromatic carbocycles. The Kier molecular flexibility index (Phi) is 5.67. The molecule has 3 rings (SSSR count). The van der Waals surface area contributed by atoms with E-state index in [9.17, 15) is 4.79 Å². The maximum Gasteiger partial charge on any atom is 0.236 e. The van der Waals surface area contributed by atoms with Gasteiger partial charge < -0.3 is 9.64 Å². The van der Waals surface area contributed by atoms with Crippen LogP contribution in [-0.2, 0) is 9.53 Å². The molecule has 2 aromatic rings. The van der Waals surface area contributed by atoms with Crippen molar-refractivity contribution in [1.82, 2.24) is 19.7 Å². The third-order valence-electron chi connectivity index (χ3n) is 4.49. The second kappa shape index (κ2) is 7.80. The summed E-state index contributed by atoms with van der Waals surface area (Å²) in [6, 6.07) is 6.27. The zero-order valence-electron chi connectivity index (χ0n) is 16.0. The van der Waals surface area contributed by atoms with Crippen LogP contribution in [0.15, 0.2) is 29.7 Å². The molecule has 1 saturated heterocycles. The molecule has 1 aliphatic rings. The molecule has 0 aliphatic carbocycles. The van der Waals surface area contributed by atoms with Gasteiger partial charge in [0, 0.05) is 13.1 Å². The van der Waals surface area contributed by atoms with Crippen molar-refractivity contribution in [2.45, 2.75) is 57.2 Å². The second-order valence-electron chi connectivity index (χ2n) is 7.03. The molecule has 1 aromatic heterocycles. The van der Waals surface area contributed by atoms with Crippen molar-refractivity contribution >= 4 is 17.7 Å². The Bertz CT molecular complexity index is 782. The predicted octanol–water partition coefficient (Wildman–Crippen LogP) is 3.00. The van der Waals surface area contributed by atoms with Gasteiger partial charge >= 0.3 is 0 Å². The molecule has 7 heteroatoms. The van der Waals surface area contributed by atoms with Crippen LogP contribution < -0.4 is 0 Å². The quantitative estimate of drug-likeness (QED) is 0.770. The molecule has 140 valence electrons. The fraction of sp³-hybridized carbons (Fsp3) is 0.526. The highest BCUT2D eigenvalue weighted by atomic mass is 32.2. The van der Waals surface area contributed by atoms with Crippen molar-refractivity contribution in [3.05, 3.63) is 35.7 Å². The number of hydrogen-bond donors (Lipinski definition) is 0. The number of carbonyl (C=O) groups is 1. The number of amides is 1. The predicted molar refractivity (Wildman–Crippen MR) is 103 cm³/mol. The monoisotopic (exact) mass is 374 g/mol. The van der Waals surface area contributed by atoms with Gasteiger partial charge in [0.1, 0.15) is 6.33 Å². The van der Waals surface area contributed by atoms with E-state index in [2.05, 4.69) is 42.2 Å². The normalized spacial score (nSPS) is 21.7. The number of ether oxygens (including phenoxy) is 1. The van der Waals surface area contributed by atoms with Gasteiger partial charge in [0.25, 0.3) is 0 Å². The minimum Gasteiger partial charge on any atom is -0.372 e. The lowest BCUT2D eigenvalue weighted by Gasteiger charge is -2.36. The van der Waals surface area contributed by atoms with E-state index < -0.39 is 0 Å². The summed E-state index contributed by atoms with van der Waals surface area (Å²) in [5.41, 5.74) is 3.41. The number of nitrogens with zero attached hydrogens (tertiary/aromatic N) is 4. The highest BCUT2D eigenvalue weighted by Gasteiger charge is 2.30. The summed E-state index contributed by atoms with van der Waals surface area (Å²) < 4.78 is 7.68. The molecule has 1 fully saturated rings. The Morgan fingerprint density at radius 3 is 2.62 bits per heavy atom. The van der Waals surface area contributed by atoms with Crippen LogP contribution in [0, 0.1) is 13.8 Å². The number of aryl methyl sites for hydroxylation is 2. The number of hydrogen-bond acceptors (Lipinski definition) is 5. The van der Waals surface area contributed by atoms with Crippen molar-refractivity contribution < 1.29 is 9.53 Å². The van der Waals surface area contributed by atoms with Crippen LogP contribution in [0.1, 0.15) is 31.9 Å². The van der Waals surface area contributed by atoms with Gasteiger partial charge in [-0.1, -0.05) is 29.5 Å². The summed E-state index contributed by atoms with van der Waals surface area (Å²) in [4.78, 5) is 14.8. The lowest BCUT2D eigenvalue weighted by Crippen LogP contribution is -2.50. The van der Waals surface area contributed by atoms with E-state index >= 15 is 0 Å². The van der Waals surface area contributed by atoms with E-state index in [-0.39, 0.29) is 23.4 Å². The van der Waals surface area contributed by atoms with Crippen LogP contribution in [0.25, 0.3) is 5.69 Å². The third-order valence-corrected chi connectivity index (χ3v) is 5.53. The third kappa shape index (κ3) is 4.10. The van der Waals surface area contributed by atoms with Gasteiger partial charge in [-0.15, -0.1) is 10.2 Å². The molecule has 0 radical (unpaired) electrons. The molecule has 0 saturated carbocycles. The first kappa shape index (κ1) is 18.9. The average Bonchev–Trinajstić information content (AvgIpc) is 3.01. The largest absolute Gasteiger partial charge is 0.372 e. The van der Waals surface area contributed by atoms with Gasteiger partial charge in [-0.2, -0.15) is 0 Å². The van der Waals surface area contributed by atoms with E-state index in [1.54, 1.807) is 6.33 Å². The number of morpholine rings is 1. The molecule has 3 atom stereocenters. The maximum atomic E-state index is 12.9. The van der Waals surface area contributed by atoms with Crippen molar-refractivity contribution in [2.24, 2.45) is 0 Å². The standard InChI is InChI=1S/C19H26N4O2S/c1-12-6-7-17(13(2)8-12)23-11-20-21-19(23)26-16(5)18(24)22-9-14(3)25-15(4)10-22/h6-8,11,14-16H,9-10H2,1-5H3/t14-,15-,16-/m1/s1. The molecule has 1 amide bonds. The van der Waals surface area contributed by atoms with E-state index in [0.717, 1.165) is 16.4 Å². The molecule has 0 unspecified atom stereocenters. The van der Waals surface area contributed by atoms with E-state index in [0.29, 0.717) is 13.1 Å². The topological polar surface area (TPSA) is 60.2 Å². The van der Waals surface area contributed by atoms with Crippen molar-refractivity contribution in [2.75, 3.05) is 13.1 Å². The Labute approximate surface area is 158 Å². The molecule has 6 nitrogen and oxygen atoms in total. The smallest absolute Gasteiger partial charge is 0.236 e. The Hall–Kier alpha value is -1.86. The first-order chi connectivity index (χ1) is 12.3. The average molecular weight is 375 g/mol. The molecular formula is C19H26N4O2S. The summed E-state index contributed by atoms with van der Waals surface area (Å²) in [6.45, 7) is 11.4. The first-order valence-corrected chi connectivity index (χ1v) is 9.81. The molecular weight excluding hydrogens is 348 g/mol. The van der Waals surface area contributed by atoms with Crippen LogP contribution in [0.2, 0.25) is 0 Å². The first-order valence-electron chi connectivity index (χ1n) is 8.93. The van der Waals surface area contributed by atoms with E-state index in [4.69, 9.17) is 4.74 Å². The fourth-order valence-electron chi connectivity index (χ4n) is 3.37. The molecule has 0 spiro atoms. The minimum absolute atomic E-state index is 0.0683. The van der Waals surface area contributed by atoms with Crippen LogP contribution in [-0.4, -0.2) is 56.1 Å². The van der Waals surface area contributed by atoms with Crippen molar-refractivity contribution in [1.29, 1.82) is 0 Å². The summed E-state index contributed by atoms with van der Waals surface area (Å²) >= 11 is 1.45. The van der Waals surface area contributed by atoms with E-state index in [1.165, 1.54) is 17.3 Å². The Morgan fingerprint density at radius 2 is 1.96 bits per heavy atom. The summed E-state index contributed by atoms with van der Waals surface area (Å²) in [5, 5.41) is 8.79. The zero-order chi connectivity index (χ0) is 18.8. The number of thioether (sulfide) groups is 1. The van der Waals surface area contributed by atoms with Crippen LogP contribution in [0.4, 0.5) is 0 Å².